The summed E-state index contributed by atoms with van der Waals surface area (Å²) in [6, 6.07) is 7.95. The molecule has 4 amide bonds. The van der Waals surface area contributed by atoms with E-state index < -0.39 is 17.5 Å². The fourth-order valence-electron chi connectivity index (χ4n) is 4.43. The Balaban J connectivity index is 1.50. The molecule has 0 spiro atoms. The van der Waals surface area contributed by atoms with Crippen molar-refractivity contribution >= 4 is 28.8 Å². The summed E-state index contributed by atoms with van der Waals surface area (Å²) in [6.07, 6.45) is 3.18. The Bertz CT molecular complexity index is 1410. The van der Waals surface area contributed by atoms with Crippen molar-refractivity contribution in [2.24, 2.45) is 5.41 Å². The number of furan rings is 1. The van der Waals surface area contributed by atoms with Gasteiger partial charge in [-0.3, -0.25) is 14.6 Å². The number of benzene rings is 1. The van der Waals surface area contributed by atoms with Crippen LogP contribution in [0.15, 0.2) is 59.5 Å². The average molecular weight is 505 g/mol. The van der Waals surface area contributed by atoms with Crippen LogP contribution in [-0.4, -0.2) is 53.0 Å². The number of allylic oxidation sites excluding steroid dienone is 1. The zero-order valence-electron chi connectivity index (χ0n) is 21.2. The van der Waals surface area contributed by atoms with Crippen LogP contribution < -0.4 is 10.1 Å². The van der Waals surface area contributed by atoms with Crippen LogP contribution in [0.4, 0.5) is 4.79 Å². The van der Waals surface area contributed by atoms with Gasteiger partial charge in [-0.05, 0) is 29.8 Å². The van der Waals surface area contributed by atoms with Crippen LogP contribution in [0.3, 0.4) is 0 Å². The highest BCUT2D eigenvalue weighted by atomic mass is 16.5. The largest absolute Gasteiger partial charge is 0.497 e. The van der Waals surface area contributed by atoms with E-state index in [1.54, 1.807) is 36.7 Å². The monoisotopic (exact) mass is 504 g/mol. The van der Waals surface area contributed by atoms with E-state index in [2.05, 4.69) is 16.9 Å². The maximum absolute atomic E-state index is 13.9. The number of ether oxygens (including phenoxy) is 2. The molecule has 5 rings (SSSR count). The minimum absolute atomic E-state index is 0.141. The number of hydrogen-bond donors (Lipinski definition) is 1. The lowest BCUT2D eigenvalue weighted by atomic mass is 9.94. The molecule has 2 aliphatic heterocycles. The number of fused-ring (bicyclic) bond motifs is 2. The van der Waals surface area contributed by atoms with Crippen molar-refractivity contribution in [3.63, 3.8) is 0 Å². The number of urea groups is 1. The summed E-state index contributed by atoms with van der Waals surface area (Å²) >= 11 is 0. The van der Waals surface area contributed by atoms with Gasteiger partial charge in [0.2, 0.25) is 0 Å². The smallest absolute Gasteiger partial charge is 0.328 e. The van der Waals surface area contributed by atoms with E-state index in [0.29, 0.717) is 28.0 Å². The Morgan fingerprint density at radius 2 is 2.00 bits per heavy atom. The molecule has 2 aliphatic rings. The van der Waals surface area contributed by atoms with Gasteiger partial charge in [0.1, 0.15) is 17.1 Å². The van der Waals surface area contributed by atoms with Gasteiger partial charge in [-0.25, -0.2) is 9.69 Å². The maximum Gasteiger partial charge on any atom is 0.328 e. The number of aromatic nitrogens is 1. The first-order valence-corrected chi connectivity index (χ1v) is 11.8. The zero-order valence-corrected chi connectivity index (χ0v) is 21.2. The summed E-state index contributed by atoms with van der Waals surface area (Å²) in [5, 5.41) is 3.46. The molecular formula is C27H28N4O6. The second-order valence-electron chi connectivity index (χ2n) is 10.2. The van der Waals surface area contributed by atoms with Crippen molar-refractivity contribution in [2.45, 2.75) is 32.9 Å². The van der Waals surface area contributed by atoms with Gasteiger partial charge in [0, 0.05) is 35.3 Å². The molecule has 2 aromatic heterocycles. The summed E-state index contributed by atoms with van der Waals surface area (Å²) in [5.41, 5.74) is -0.251. The third-order valence-corrected chi connectivity index (χ3v) is 6.74. The number of carbonyl (C=O) groups excluding carboxylic acids is 3. The first kappa shape index (κ1) is 24.4. The number of hydrogen-bond acceptors (Lipinski definition) is 7. The van der Waals surface area contributed by atoms with Crippen molar-refractivity contribution in [2.75, 3.05) is 20.4 Å². The SMILES string of the molecule is C=C(OCN1C(=O)N[C@@](CN2Cc3ccc(OC)cc3C2=O)(c2cc3cnccc3o2)C1=O)C(C)(C)C. The normalized spacial score (nSPS) is 19.4. The third-order valence-electron chi connectivity index (χ3n) is 6.74. The third kappa shape index (κ3) is 4.08. The van der Waals surface area contributed by atoms with Gasteiger partial charge in [-0.2, -0.15) is 0 Å². The maximum atomic E-state index is 13.9. The van der Waals surface area contributed by atoms with Crippen molar-refractivity contribution in [1.82, 2.24) is 20.1 Å². The minimum atomic E-state index is -1.66. The van der Waals surface area contributed by atoms with Crippen LogP contribution in [0.5, 0.6) is 5.75 Å². The Labute approximate surface area is 213 Å². The first-order chi connectivity index (χ1) is 17.5. The van der Waals surface area contributed by atoms with Gasteiger partial charge >= 0.3 is 6.03 Å². The van der Waals surface area contributed by atoms with Crippen molar-refractivity contribution in [1.29, 1.82) is 0 Å². The highest BCUT2D eigenvalue weighted by Gasteiger charge is 2.57. The Hall–Kier alpha value is -4.34. The molecule has 192 valence electrons. The van der Waals surface area contributed by atoms with Crippen molar-refractivity contribution in [3.05, 3.63) is 72.0 Å². The molecule has 0 unspecified atom stereocenters. The van der Waals surface area contributed by atoms with Crippen LogP contribution in [-0.2, 0) is 21.6 Å². The summed E-state index contributed by atoms with van der Waals surface area (Å²) in [6.45, 7) is 9.46. The van der Waals surface area contributed by atoms with Gasteiger partial charge < -0.3 is 24.1 Å². The summed E-state index contributed by atoms with van der Waals surface area (Å²) in [4.78, 5) is 47.0. The standard InChI is InChI=1S/C27H28N4O6/c1-16(26(2,3)4)36-15-31-24(33)27(29-25(31)34,22-10-18-12-28-9-8-21(18)37-22)14-30-13-17-6-7-19(35-5)11-20(17)23(30)32/h6-12H,1,13-15H2,2-5H3,(H,29,34)/t27-/m0/s1. The Kier molecular flexibility index (Phi) is 5.69. The fourth-order valence-corrected chi connectivity index (χ4v) is 4.43. The van der Waals surface area contributed by atoms with Crippen LogP contribution in [0, 0.1) is 5.41 Å². The predicted molar refractivity (Wildman–Crippen MR) is 133 cm³/mol. The van der Waals surface area contributed by atoms with E-state index in [4.69, 9.17) is 13.9 Å². The van der Waals surface area contributed by atoms with Crippen LogP contribution in [0.1, 0.15) is 42.5 Å². The molecule has 1 fully saturated rings. The quantitative estimate of drug-likeness (QED) is 0.385. The van der Waals surface area contributed by atoms with E-state index in [-0.39, 0.29) is 36.9 Å². The van der Waals surface area contributed by atoms with E-state index in [9.17, 15) is 14.4 Å². The van der Waals surface area contributed by atoms with Gasteiger partial charge in [-0.1, -0.05) is 33.4 Å². The summed E-state index contributed by atoms with van der Waals surface area (Å²) in [5.74, 6) is 0.324. The molecule has 1 saturated heterocycles. The van der Waals surface area contributed by atoms with E-state index in [0.717, 1.165) is 10.5 Å². The zero-order chi connectivity index (χ0) is 26.5. The number of pyridine rings is 1. The van der Waals surface area contributed by atoms with Gasteiger partial charge in [0.25, 0.3) is 11.8 Å². The molecule has 1 aromatic carbocycles. The molecule has 3 aromatic rings. The number of imide groups is 1. The first-order valence-electron chi connectivity index (χ1n) is 11.8. The molecule has 37 heavy (non-hydrogen) atoms. The fraction of sp³-hybridized carbons (Fsp3) is 0.333. The molecule has 4 heterocycles. The minimum Gasteiger partial charge on any atom is -0.497 e. The van der Waals surface area contributed by atoms with Crippen molar-refractivity contribution < 1.29 is 28.3 Å². The van der Waals surface area contributed by atoms with Crippen molar-refractivity contribution in [3.8, 4) is 5.75 Å². The van der Waals surface area contributed by atoms with Crippen LogP contribution in [0.2, 0.25) is 0 Å². The second kappa shape index (κ2) is 8.65. The summed E-state index contributed by atoms with van der Waals surface area (Å²) < 4.78 is 17.0. The highest BCUT2D eigenvalue weighted by molar-refractivity contribution is 6.08. The molecule has 0 radical (unpaired) electrons. The van der Waals surface area contributed by atoms with Gasteiger partial charge in [0.15, 0.2) is 12.3 Å². The number of amides is 4. The van der Waals surface area contributed by atoms with Gasteiger partial charge in [-0.15, -0.1) is 0 Å². The number of methoxy groups -OCH3 is 1. The van der Waals surface area contributed by atoms with Gasteiger partial charge in [0.05, 0.1) is 19.4 Å². The molecule has 0 saturated carbocycles. The molecule has 1 atom stereocenters. The van der Waals surface area contributed by atoms with Crippen LogP contribution in [0.25, 0.3) is 11.0 Å². The number of nitrogens with zero attached hydrogens (tertiary/aromatic N) is 3. The molecule has 0 bridgehead atoms. The van der Waals surface area contributed by atoms with E-state index in [1.807, 2.05) is 26.8 Å². The lowest BCUT2D eigenvalue weighted by Crippen LogP contribution is -2.52. The Morgan fingerprint density at radius 1 is 1.22 bits per heavy atom. The second-order valence-corrected chi connectivity index (χ2v) is 10.2. The Morgan fingerprint density at radius 3 is 2.70 bits per heavy atom. The number of nitrogens with one attached hydrogen (secondary N) is 1. The number of carbonyl (C=O) groups is 3. The lowest BCUT2D eigenvalue weighted by molar-refractivity contribution is -0.135. The molecule has 10 nitrogen and oxygen atoms in total. The molecule has 10 heteroatoms. The van der Waals surface area contributed by atoms with E-state index >= 15 is 0 Å². The lowest BCUT2D eigenvalue weighted by Gasteiger charge is -2.30. The topological polar surface area (TPSA) is 114 Å². The number of rotatable bonds is 7. The molecule has 0 aliphatic carbocycles. The summed E-state index contributed by atoms with van der Waals surface area (Å²) in [7, 11) is 1.53. The van der Waals surface area contributed by atoms with E-state index in [1.165, 1.54) is 12.0 Å². The molecule has 1 N–H and O–H groups in total. The predicted octanol–water partition coefficient (Wildman–Crippen LogP) is 3.77. The molecular weight excluding hydrogens is 476 g/mol. The average Bonchev–Trinajstić information content (AvgIpc) is 3.50. The highest BCUT2D eigenvalue weighted by Crippen LogP contribution is 2.37. The van der Waals surface area contributed by atoms with Crippen LogP contribution >= 0.6 is 0 Å².